The average Bonchev–Trinajstić information content (AvgIpc) is 2.90. The van der Waals surface area contributed by atoms with Gasteiger partial charge in [0.15, 0.2) is 17.8 Å². The van der Waals surface area contributed by atoms with E-state index in [1.165, 1.54) is 0 Å². The molecule has 8 heteroatoms. The van der Waals surface area contributed by atoms with Crippen LogP contribution in [-0.4, -0.2) is 73.2 Å². The Morgan fingerprint density at radius 2 is 1.79 bits per heavy atom. The number of nitrogens with zero attached hydrogens (tertiary/aromatic N) is 1. The molecule has 4 aliphatic heterocycles. The van der Waals surface area contributed by atoms with Gasteiger partial charge in [-0.05, 0) is 34.6 Å². The highest BCUT2D eigenvalue weighted by atomic mass is 16.9. The number of fused-ring (bicyclic) bond motifs is 3. The maximum atomic E-state index is 6.32. The number of rotatable bonds is 1. The molecule has 4 saturated heterocycles. The van der Waals surface area contributed by atoms with Gasteiger partial charge in [-0.25, -0.2) is 0 Å². The fraction of sp³-hybridized carbons (Fsp3) is 1.00. The molecule has 4 rings (SSSR count). The second kappa shape index (κ2) is 5.34. The fourth-order valence-corrected chi connectivity index (χ4v) is 3.84. The van der Waals surface area contributed by atoms with E-state index in [2.05, 4.69) is 12.2 Å². The Kier molecular flexibility index (Phi) is 3.81. The Labute approximate surface area is 142 Å². The largest absolute Gasteiger partial charge is 0.348 e. The zero-order valence-corrected chi connectivity index (χ0v) is 15.2. The van der Waals surface area contributed by atoms with E-state index in [1.807, 2.05) is 39.8 Å². The molecule has 0 spiro atoms. The molecule has 0 aliphatic carbocycles. The lowest BCUT2D eigenvalue weighted by Crippen LogP contribution is -2.65. The minimum Gasteiger partial charge on any atom is -0.348 e. The molecule has 24 heavy (non-hydrogen) atoms. The number of likely N-dealkylation sites (N-methyl/N-ethyl adjacent to an activating group) is 1. The minimum absolute atomic E-state index is 0.255. The molecule has 0 aromatic heterocycles. The van der Waals surface area contributed by atoms with Crippen LogP contribution in [0, 0.1) is 0 Å². The van der Waals surface area contributed by atoms with Gasteiger partial charge in [-0.1, -0.05) is 0 Å². The van der Waals surface area contributed by atoms with E-state index < -0.39 is 29.7 Å². The van der Waals surface area contributed by atoms with E-state index in [9.17, 15) is 0 Å². The summed E-state index contributed by atoms with van der Waals surface area (Å²) in [6, 6.07) is 0.258. The van der Waals surface area contributed by atoms with Crippen molar-refractivity contribution in [2.24, 2.45) is 0 Å². The molecule has 0 saturated carbocycles. The molecule has 0 bridgehead atoms. The Hall–Kier alpha value is -0.320. The molecule has 0 radical (unpaired) electrons. The molecule has 6 atom stereocenters. The van der Waals surface area contributed by atoms with Gasteiger partial charge >= 0.3 is 0 Å². The molecule has 0 aromatic carbocycles. The van der Waals surface area contributed by atoms with E-state index in [-0.39, 0.29) is 18.2 Å². The standard InChI is InChI=1S/C16H28N2O6/c1-9-7-17-13(23-18(9)6)16-12(22-15(4,5)24-16)11-10(20-16)8-19-14(2,3)21-11/h9-13,17H,7-8H2,1-6H3/t9-,10+,11-,12+,13-,16-/m1/s1. The summed E-state index contributed by atoms with van der Waals surface area (Å²) in [4.78, 5) is 6.03. The van der Waals surface area contributed by atoms with Gasteiger partial charge in [0.2, 0.25) is 5.79 Å². The van der Waals surface area contributed by atoms with E-state index in [0.717, 1.165) is 6.54 Å². The molecule has 4 fully saturated rings. The SMILES string of the molecule is C[C@@H]1CN[C@@H]([C@@]23O[C@H]4COC(C)(C)O[C@H]4[C@@H]2OC(C)(C)O3)ON1C. The molecular weight excluding hydrogens is 316 g/mol. The predicted octanol–water partition coefficient (Wildman–Crippen LogP) is 0.566. The lowest BCUT2D eigenvalue weighted by Gasteiger charge is -2.42. The van der Waals surface area contributed by atoms with Crippen LogP contribution in [0.2, 0.25) is 0 Å². The molecule has 138 valence electrons. The van der Waals surface area contributed by atoms with Crippen LogP contribution >= 0.6 is 0 Å². The van der Waals surface area contributed by atoms with Crippen molar-refractivity contribution < 1.29 is 28.5 Å². The highest BCUT2D eigenvalue weighted by Gasteiger charge is 2.71. The second-order valence-electron chi connectivity index (χ2n) is 8.00. The Morgan fingerprint density at radius 3 is 2.50 bits per heavy atom. The lowest BCUT2D eigenvalue weighted by atomic mass is 10.0. The predicted molar refractivity (Wildman–Crippen MR) is 82.6 cm³/mol. The van der Waals surface area contributed by atoms with Crippen LogP contribution in [0.1, 0.15) is 34.6 Å². The summed E-state index contributed by atoms with van der Waals surface area (Å²) in [5.41, 5.74) is 0. The average molecular weight is 344 g/mol. The third-order valence-corrected chi connectivity index (χ3v) is 5.08. The zero-order valence-electron chi connectivity index (χ0n) is 15.2. The number of nitrogens with one attached hydrogen (secondary N) is 1. The molecule has 0 aromatic rings. The van der Waals surface area contributed by atoms with E-state index in [4.69, 9.17) is 28.5 Å². The van der Waals surface area contributed by atoms with E-state index >= 15 is 0 Å². The number of hydrogen-bond donors (Lipinski definition) is 1. The summed E-state index contributed by atoms with van der Waals surface area (Å²) in [5, 5.41) is 5.21. The van der Waals surface area contributed by atoms with Gasteiger partial charge in [0, 0.05) is 19.6 Å². The number of hydroxylamine groups is 2. The maximum Gasteiger partial charge on any atom is 0.243 e. The van der Waals surface area contributed by atoms with Crippen LogP contribution in [0.25, 0.3) is 0 Å². The smallest absolute Gasteiger partial charge is 0.243 e. The summed E-state index contributed by atoms with van der Waals surface area (Å²) in [5.74, 6) is -2.53. The molecule has 0 unspecified atom stereocenters. The van der Waals surface area contributed by atoms with Gasteiger partial charge in [-0.2, -0.15) is 5.06 Å². The maximum absolute atomic E-state index is 6.32. The Morgan fingerprint density at radius 1 is 1.04 bits per heavy atom. The van der Waals surface area contributed by atoms with E-state index in [1.54, 1.807) is 0 Å². The second-order valence-corrected chi connectivity index (χ2v) is 8.00. The molecular formula is C16H28N2O6. The zero-order chi connectivity index (χ0) is 17.3. The van der Waals surface area contributed by atoms with Gasteiger partial charge < -0.3 is 23.7 Å². The van der Waals surface area contributed by atoms with Gasteiger partial charge in [-0.3, -0.25) is 10.2 Å². The van der Waals surface area contributed by atoms with Gasteiger partial charge in [-0.15, -0.1) is 0 Å². The van der Waals surface area contributed by atoms with Crippen molar-refractivity contribution in [2.75, 3.05) is 20.2 Å². The van der Waals surface area contributed by atoms with Crippen LogP contribution < -0.4 is 5.32 Å². The van der Waals surface area contributed by atoms with Crippen molar-refractivity contribution >= 4 is 0 Å². The van der Waals surface area contributed by atoms with Gasteiger partial charge in [0.1, 0.15) is 18.3 Å². The topological polar surface area (TPSA) is 70.7 Å². The monoisotopic (exact) mass is 344 g/mol. The first-order valence-corrected chi connectivity index (χ1v) is 8.62. The van der Waals surface area contributed by atoms with Crippen LogP contribution in [0.5, 0.6) is 0 Å². The molecule has 0 amide bonds. The lowest BCUT2D eigenvalue weighted by molar-refractivity contribution is -0.367. The molecule has 8 nitrogen and oxygen atoms in total. The highest BCUT2D eigenvalue weighted by Crippen LogP contribution is 2.51. The first-order valence-electron chi connectivity index (χ1n) is 8.62. The summed E-state index contributed by atoms with van der Waals surface area (Å²) in [7, 11) is 1.91. The number of ether oxygens (including phenoxy) is 5. The quantitative estimate of drug-likeness (QED) is 0.740. The first kappa shape index (κ1) is 17.1. The fourth-order valence-electron chi connectivity index (χ4n) is 3.84. The van der Waals surface area contributed by atoms with Gasteiger partial charge in [0.25, 0.3) is 0 Å². The van der Waals surface area contributed by atoms with Crippen LogP contribution in [0.4, 0.5) is 0 Å². The van der Waals surface area contributed by atoms with Crippen molar-refractivity contribution in [3.8, 4) is 0 Å². The number of hydrogen-bond acceptors (Lipinski definition) is 8. The molecule has 4 heterocycles. The van der Waals surface area contributed by atoms with Crippen molar-refractivity contribution in [3.05, 3.63) is 0 Å². The normalized spacial score (nSPS) is 50.5. The van der Waals surface area contributed by atoms with Crippen LogP contribution in [0.3, 0.4) is 0 Å². The summed E-state index contributed by atoms with van der Waals surface area (Å²) < 4.78 is 30.6. The summed E-state index contributed by atoms with van der Waals surface area (Å²) in [6.07, 6.45) is -1.41. The van der Waals surface area contributed by atoms with Crippen molar-refractivity contribution in [1.82, 2.24) is 10.4 Å². The van der Waals surface area contributed by atoms with E-state index in [0.29, 0.717) is 6.61 Å². The van der Waals surface area contributed by atoms with Gasteiger partial charge in [0.05, 0.1) is 6.61 Å². The van der Waals surface area contributed by atoms with Crippen molar-refractivity contribution in [3.63, 3.8) is 0 Å². The van der Waals surface area contributed by atoms with Crippen LogP contribution in [-0.2, 0) is 28.5 Å². The van der Waals surface area contributed by atoms with Crippen molar-refractivity contribution in [1.29, 1.82) is 0 Å². The Balaban J connectivity index is 1.64. The summed E-state index contributed by atoms with van der Waals surface area (Å²) >= 11 is 0. The van der Waals surface area contributed by atoms with Crippen LogP contribution in [0.15, 0.2) is 0 Å². The third-order valence-electron chi connectivity index (χ3n) is 5.08. The first-order chi connectivity index (χ1) is 11.1. The molecule has 4 aliphatic rings. The third kappa shape index (κ3) is 2.60. The Bertz CT molecular complexity index is 515. The summed E-state index contributed by atoms with van der Waals surface area (Å²) in [6.45, 7) is 10.8. The molecule has 1 N–H and O–H groups in total. The minimum atomic E-state index is -1.07. The highest BCUT2D eigenvalue weighted by molar-refractivity contribution is 5.08. The van der Waals surface area contributed by atoms with Crippen molar-refractivity contribution in [2.45, 2.75) is 82.6 Å².